The van der Waals surface area contributed by atoms with Crippen molar-refractivity contribution >= 4 is 11.8 Å². The number of rotatable bonds is 3. The SMILES string of the molecule is CC(C)(C)C(C(=O)O)C(=O)C12CC3CC(CC(C3)C1)C2. The van der Waals surface area contributed by atoms with Crippen molar-refractivity contribution in [3.05, 3.63) is 0 Å². The van der Waals surface area contributed by atoms with Gasteiger partial charge in [-0.1, -0.05) is 20.8 Å². The predicted octanol–water partition coefficient (Wildman–Crippen LogP) is 3.52. The van der Waals surface area contributed by atoms with Gasteiger partial charge in [0.05, 0.1) is 0 Å². The number of ketones is 1. The molecular weight excluding hydrogens is 252 g/mol. The molecule has 3 heteroatoms. The zero-order valence-electron chi connectivity index (χ0n) is 12.8. The van der Waals surface area contributed by atoms with Crippen LogP contribution in [0.2, 0.25) is 0 Å². The maximum atomic E-state index is 13.1. The van der Waals surface area contributed by atoms with E-state index in [1.807, 2.05) is 20.8 Å². The minimum absolute atomic E-state index is 0.0385. The molecule has 0 amide bonds. The third-order valence-corrected chi connectivity index (χ3v) is 5.94. The molecule has 1 atom stereocenters. The quantitative estimate of drug-likeness (QED) is 0.804. The van der Waals surface area contributed by atoms with Gasteiger partial charge in [-0.05, 0) is 61.7 Å². The van der Waals surface area contributed by atoms with Crippen LogP contribution in [0.25, 0.3) is 0 Å². The normalized spacial score (nSPS) is 40.6. The van der Waals surface area contributed by atoms with Gasteiger partial charge in [0.1, 0.15) is 5.92 Å². The number of carbonyl (C=O) groups is 2. The van der Waals surface area contributed by atoms with E-state index in [2.05, 4.69) is 0 Å². The standard InChI is InChI=1S/C17H26O3/c1-16(2,3)13(15(19)20)14(18)17-7-10-4-11(8-17)6-12(5-10)9-17/h10-13H,4-9H2,1-3H3,(H,19,20). The molecule has 0 aromatic heterocycles. The molecule has 4 saturated carbocycles. The van der Waals surface area contributed by atoms with Crippen LogP contribution in [0.3, 0.4) is 0 Å². The first kappa shape index (κ1) is 14.1. The van der Waals surface area contributed by atoms with Crippen molar-refractivity contribution in [3.63, 3.8) is 0 Å². The second kappa shape index (κ2) is 4.32. The summed E-state index contributed by atoms with van der Waals surface area (Å²) >= 11 is 0. The minimum atomic E-state index is -0.932. The van der Waals surface area contributed by atoms with Crippen LogP contribution in [0.15, 0.2) is 0 Å². The minimum Gasteiger partial charge on any atom is -0.481 e. The van der Waals surface area contributed by atoms with Gasteiger partial charge in [-0.15, -0.1) is 0 Å². The highest BCUT2D eigenvalue weighted by Gasteiger charge is 2.57. The molecule has 4 aliphatic carbocycles. The van der Waals surface area contributed by atoms with Gasteiger partial charge in [-0.25, -0.2) is 0 Å². The van der Waals surface area contributed by atoms with E-state index in [1.54, 1.807) is 0 Å². The lowest BCUT2D eigenvalue weighted by Gasteiger charge is -2.56. The zero-order valence-corrected chi connectivity index (χ0v) is 12.8. The summed E-state index contributed by atoms with van der Waals surface area (Å²) in [5.41, 5.74) is -0.794. The number of hydrogen-bond acceptors (Lipinski definition) is 2. The summed E-state index contributed by atoms with van der Waals surface area (Å²) in [5.74, 6) is 0.299. The highest BCUT2D eigenvalue weighted by molar-refractivity contribution is 6.02. The second-order valence-corrected chi connectivity index (χ2v) is 8.70. The van der Waals surface area contributed by atoms with Crippen molar-refractivity contribution in [1.82, 2.24) is 0 Å². The van der Waals surface area contributed by atoms with E-state index in [0.29, 0.717) is 17.8 Å². The molecular formula is C17H26O3. The van der Waals surface area contributed by atoms with Gasteiger partial charge in [-0.2, -0.15) is 0 Å². The van der Waals surface area contributed by atoms with Gasteiger partial charge in [0.2, 0.25) is 0 Å². The Morgan fingerprint density at radius 1 is 1.00 bits per heavy atom. The van der Waals surface area contributed by atoms with Crippen molar-refractivity contribution in [2.24, 2.45) is 34.5 Å². The van der Waals surface area contributed by atoms with Crippen LogP contribution in [0.4, 0.5) is 0 Å². The van der Waals surface area contributed by atoms with E-state index in [9.17, 15) is 14.7 Å². The monoisotopic (exact) mass is 278 g/mol. The Labute approximate surface area is 121 Å². The Bertz CT molecular complexity index is 408. The first-order chi connectivity index (χ1) is 9.21. The van der Waals surface area contributed by atoms with E-state index in [1.165, 1.54) is 19.3 Å². The summed E-state index contributed by atoms with van der Waals surface area (Å²) < 4.78 is 0. The third kappa shape index (κ3) is 2.10. The molecule has 4 aliphatic rings. The summed E-state index contributed by atoms with van der Waals surface area (Å²) in [6, 6.07) is 0. The molecule has 3 nitrogen and oxygen atoms in total. The molecule has 0 aromatic carbocycles. The van der Waals surface area contributed by atoms with Crippen LogP contribution in [0, 0.1) is 34.5 Å². The summed E-state index contributed by atoms with van der Waals surface area (Å²) in [6.07, 6.45) is 6.70. The Hall–Kier alpha value is -0.860. The van der Waals surface area contributed by atoms with Crippen molar-refractivity contribution in [2.45, 2.75) is 59.3 Å². The van der Waals surface area contributed by atoms with Crippen LogP contribution >= 0.6 is 0 Å². The van der Waals surface area contributed by atoms with Crippen LogP contribution in [-0.2, 0) is 9.59 Å². The Kier molecular flexibility index (Phi) is 3.04. The maximum absolute atomic E-state index is 13.1. The smallest absolute Gasteiger partial charge is 0.314 e. The van der Waals surface area contributed by atoms with Crippen LogP contribution in [0.1, 0.15) is 59.3 Å². The fraction of sp³-hybridized carbons (Fsp3) is 0.882. The number of hydrogen-bond donors (Lipinski definition) is 1. The lowest BCUT2D eigenvalue weighted by molar-refractivity contribution is -0.162. The number of carboxylic acids is 1. The first-order valence-corrected chi connectivity index (χ1v) is 7.98. The van der Waals surface area contributed by atoms with Crippen LogP contribution in [0.5, 0.6) is 0 Å². The van der Waals surface area contributed by atoms with Crippen molar-refractivity contribution in [2.75, 3.05) is 0 Å². The maximum Gasteiger partial charge on any atom is 0.314 e. The van der Waals surface area contributed by atoms with Gasteiger partial charge in [-0.3, -0.25) is 9.59 Å². The van der Waals surface area contributed by atoms with Gasteiger partial charge in [0.15, 0.2) is 5.78 Å². The lowest BCUT2D eigenvalue weighted by atomic mass is 9.47. The molecule has 0 heterocycles. The molecule has 4 fully saturated rings. The topological polar surface area (TPSA) is 54.4 Å². The number of carboxylic acid groups (broad SMARTS) is 1. The number of aliphatic carboxylic acids is 1. The summed E-state index contributed by atoms with van der Waals surface area (Å²) in [6.45, 7) is 5.64. The van der Waals surface area contributed by atoms with Crippen molar-refractivity contribution < 1.29 is 14.7 Å². The van der Waals surface area contributed by atoms with Crippen LogP contribution in [-0.4, -0.2) is 16.9 Å². The van der Waals surface area contributed by atoms with Crippen molar-refractivity contribution in [3.8, 4) is 0 Å². The fourth-order valence-electron chi connectivity index (χ4n) is 5.59. The van der Waals surface area contributed by atoms with Gasteiger partial charge in [0.25, 0.3) is 0 Å². The molecule has 20 heavy (non-hydrogen) atoms. The Balaban J connectivity index is 1.91. The molecule has 4 rings (SSSR count). The summed E-state index contributed by atoms with van der Waals surface area (Å²) in [4.78, 5) is 24.8. The largest absolute Gasteiger partial charge is 0.481 e. The average molecular weight is 278 g/mol. The summed E-state index contributed by atoms with van der Waals surface area (Å²) in [5, 5.41) is 9.56. The predicted molar refractivity (Wildman–Crippen MR) is 76.2 cm³/mol. The zero-order chi connectivity index (χ0) is 14.7. The number of carbonyl (C=O) groups excluding carboxylic acids is 1. The molecule has 0 saturated heterocycles. The third-order valence-electron chi connectivity index (χ3n) is 5.94. The van der Waals surface area contributed by atoms with Gasteiger partial charge in [0, 0.05) is 5.41 Å². The molecule has 112 valence electrons. The number of Topliss-reactive ketones (excluding diaryl/α,β-unsaturated/α-hetero) is 1. The average Bonchev–Trinajstić information content (AvgIpc) is 2.23. The van der Waals surface area contributed by atoms with E-state index in [-0.39, 0.29) is 11.2 Å². The molecule has 0 aliphatic heterocycles. The molecule has 1 unspecified atom stereocenters. The highest BCUT2D eigenvalue weighted by Crippen LogP contribution is 2.61. The highest BCUT2D eigenvalue weighted by atomic mass is 16.4. The summed E-state index contributed by atoms with van der Waals surface area (Å²) in [7, 11) is 0. The first-order valence-electron chi connectivity index (χ1n) is 7.98. The van der Waals surface area contributed by atoms with E-state index in [0.717, 1.165) is 19.3 Å². The molecule has 4 bridgehead atoms. The molecule has 0 spiro atoms. The molecule has 0 radical (unpaired) electrons. The lowest BCUT2D eigenvalue weighted by Crippen LogP contribution is -2.54. The molecule has 1 N–H and O–H groups in total. The second-order valence-electron chi connectivity index (χ2n) is 8.70. The fourth-order valence-corrected chi connectivity index (χ4v) is 5.59. The Morgan fingerprint density at radius 3 is 1.70 bits per heavy atom. The van der Waals surface area contributed by atoms with Crippen LogP contribution < -0.4 is 0 Å². The van der Waals surface area contributed by atoms with E-state index >= 15 is 0 Å². The molecule has 0 aromatic rings. The van der Waals surface area contributed by atoms with Crippen molar-refractivity contribution in [1.29, 1.82) is 0 Å². The Morgan fingerprint density at radius 2 is 1.40 bits per heavy atom. The van der Waals surface area contributed by atoms with E-state index in [4.69, 9.17) is 0 Å². The van der Waals surface area contributed by atoms with Gasteiger partial charge >= 0.3 is 5.97 Å². The van der Waals surface area contributed by atoms with Gasteiger partial charge < -0.3 is 5.11 Å². The van der Waals surface area contributed by atoms with E-state index < -0.39 is 17.3 Å².